The van der Waals surface area contributed by atoms with Gasteiger partial charge in [0.25, 0.3) is 0 Å². The van der Waals surface area contributed by atoms with Crippen molar-refractivity contribution in [1.82, 2.24) is 0 Å². The van der Waals surface area contributed by atoms with E-state index in [1.54, 1.807) is 7.11 Å². The lowest BCUT2D eigenvalue weighted by Gasteiger charge is -2.21. The maximum Gasteiger partial charge on any atom is 0.119 e. The Balaban J connectivity index is 2.48. The highest BCUT2D eigenvalue weighted by Crippen LogP contribution is 2.23. The molecule has 1 unspecified atom stereocenters. The molecular formula is C15H23IO3. The largest absolute Gasteiger partial charge is 0.497 e. The molecule has 0 aliphatic carbocycles. The summed E-state index contributed by atoms with van der Waals surface area (Å²) >= 11 is 2.34. The summed E-state index contributed by atoms with van der Waals surface area (Å²) < 4.78 is 17.7. The highest BCUT2D eigenvalue weighted by molar-refractivity contribution is 14.1. The van der Waals surface area contributed by atoms with Crippen LogP contribution in [0, 0.1) is 0 Å². The Hall–Kier alpha value is -0.330. The molecule has 3 nitrogen and oxygen atoms in total. The van der Waals surface area contributed by atoms with Crippen LogP contribution in [0.2, 0.25) is 0 Å². The molecule has 1 aromatic rings. The molecule has 0 aliphatic heterocycles. The number of rotatable bonds is 7. The van der Waals surface area contributed by atoms with Gasteiger partial charge in [0.05, 0.1) is 32.0 Å². The predicted octanol–water partition coefficient (Wildman–Crippen LogP) is 4.00. The summed E-state index contributed by atoms with van der Waals surface area (Å²) in [6.07, 6.45) is 0.0827. The molecule has 0 heterocycles. The molecule has 0 N–H and O–H groups in total. The smallest absolute Gasteiger partial charge is 0.119 e. The van der Waals surface area contributed by atoms with Gasteiger partial charge in [-0.2, -0.15) is 0 Å². The van der Waals surface area contributed by atoms with E-state index in [2.05, 4.69) is 28.7 Å². The lowest BCUT2D eigenvalue weighted by molar-refractivity contribution is -0.0477. The normalized spacial score (nSPS) is 13.3. The monoisotopic (exact) mass is 378 g/mol. The van der Waals surface area contributed by atoms with Crippen molar-refractivity contribution in [3.63, 3.8) is 0 Å². The second kappa shape index (κ2) is 8.07. The second-order valence-electron chi connectivity index (χ2n) is 5.25. The van der Waals surface area contributed by atoms with Crippen molar-refractivity contribution < 1.29 is 14.2 Å². The van der Waals surface area contributed by atoms with Crippen molar-refractivity contribution in [3.05, 3.63) is 29.8 Å². The molecule has 1 aromatic carbocycles. The van der Waals surface area contributed by atoms with E-state index in [1.165, 1.54) is 0 Å². The van der Waals surface area contributed by atoms with Crippen LogP contribution >= 0.6 is 22.6 Å². The molecule has 0 radical (unpaired) electrons. The first-order chi connectivity index (χ1) is 8.96. The van der Waals surface area contributed by atoms with Gasteiger partial charge in [-0.1, -0.05) is 34.7 Å². The SMILES string of the molecule is COc1cccc(C(CI)OCCOC(C)(C)C)c1. The van der Waals surface area contributed by atoms with Crippen molar-refractivity contribution in [3.8, 4) is 5.75 Å². The third-order valence-electron chi connectivity index (χ3n) is 2.54. The fourth-order valence-corrected chi connectivity index (χ4v) is 2.37. The molecule has 0 spiro atoms. The molecule has 1 atom stereocenters. The predicted molar refractivity (Wildman–Crippen MR) is 86.3 cm³/mol. The molecule has 1 rings (SSSR count). The summed E-state index contributed by atoms with van der Waals surface area (Å²) in [4.78, 5) is 0. The van der Waals surface area contributed by atoms with Crippen molar-refractivity contribution in [2.24, 2.45) is 0 Å². The molecule has 0 aliphatic rings. The molecule has 0 aromatic heterocycles. The Labute approximate surface area is 129 Å². The number of ether oxygens (including phenoxy) is 3. The van der Waals surface area contributed by atoms with E-state index in [0.717, 1.165) is 15.7 Å². The Kier molecular flexibility index (Phi) is 7.10. The van der Waals surface area contributed by atoms with Crippen molar-refractivity contribution in [2.75, 3.05) is 24.8 Å². The lowest BCUT2D eigenvalue weighted by atomic mass is 10.1. The maximum absolute atomic E-state index is 5.88. The van der Waals surface area contributed by atoms with Gasteiger partial charge in [-0.15, -0.1) is 0 Å². The molecule has 0 bridgehead atoms. The highest BCUT2D eigenvalue weighted by atomic mass is 127. The molecule has 108 valence electrons. The van der Waals surface area contributed by atoms with Gasteiger partial charge in [0.1, 0.15) is 5.75 Å². The summed E-state index contributed by atoms with van der Waals surface area (Å²) in [5, 5.41) is 0. The summed E-state index contributed by atoms with van der Waals surface area (Å²) in [5.74, 6) is 0.863. The van der Waals surface area contributed by atoms with E-state index < -0.39 is 0 Å². The molecule has 19 heavy (non-hydrogen) atoms. The number of benzene rings is 1. The summed E-state index contributed by atoms with van der Waals surface area (Å²) in [5.41, 5.74) is 1.03. The van der Waals surface area contributed by atoms with Crippen molar-refractivity contribution >= 4 is 22.6 Å². The molecule has 4 heteroatoms. The quantitative estimate of drug-likeness (QED) is 0.408. The van der Waals surface area contributed by atoms with Gasteiger partial charge in [0, 0.05) is 4.43 Å². The van der Waals surface area contributed by atoms with Crippen LogP contribution in [-0.2, 0) is 9.47 Å². The minimum atomic E-state index is -0.112. The van der Waals surface area contributed by atoms with E-state index in [4.69, 9.17) is 14.2 Å². The van der Waals surface area contributed by atoms with Crippen LogP contribution in [-0.4, -0.2) is 30.4 Å². The van der Waals surface area contributed by atoms with Crippen molar-refractivity contribution in [1.29, 1.82) is 0 Å². The van der Waals surface area contributed by atoms with Gasteiger partial charge in [-0.25, -0.2) is 0 Å². The summed E-state index contributed by atoms with van der Waals surface area (Å²) in [6, 6.07) is 8.02. The highest BCUT2D eigenvalue weighted by Gasteiger charge is 2.13. The Bertz CT molecular complexity index is 374. The van der Waals surface area contributed by atoms with Gasteiger partial charge >= 0.3 is 0 Å². The number of hydrogen-bond acceptors (Lipinski definition) is 3. The van der Waals surface area contributed by atoms with Crippen LogP contribution in [0.3, 0.4) is 0 Å². The van der Waals surface area contributed by atoms with E-state index in [1.807, 2.05) is 39.0 Å². The standard InChI is InChI=1S/C15H23IO3/c1-15(2,3)19-9-8-18-14(11-16)12-6-5-7-13(10-12)17-4/h5-7,10,14H,8-9,11H2,1-4H3. The zero-order chi connectivity index (χ0) is 14.3. The number of alkyl halides is 1. The van der Waals surface area contributed by atoms with Crippen molar-refractivity contribution in [2.45, 2.75) is 32.5 Å². The second-order valence-corrected chi connectivity index (χ2v) is 6.13. The summed E-state index contributed by atoms with van der Waals surface area (Å²) in [6.45, 7) is 7.35. The topological polar surface area (TPSA) is 27.7 Å². The van der Waals surface area contributed by atoms with Gasteiger partial charge in [-0.05, 0) is 38.5 Å². The zero-order valence-electron chi connectivity index (χ0n) is 12.1. The fraction of sp³-hybridized carbons (Fsp3) is 0.600. The molecule has 0 saturated carbocycles. The van der Waals surface area contributed by atoms with Crippen LogP contribution in [0.1, 0.15) is 32.4 Å². The first kappa shape index (κ1) is 16.7. The zero-order valence-corrected chi connectivity index (χ0v) is 14.3. The summed E-state index contributed by atoms with van der Waals surface area (Å²) in [7, 11) is 1.68. The van der Waals surface area contributed by atoms with E-state index >= 15 is 0 Å². The average molecular weight is 378 g/mol. The van der Waals surface area contributed by atoms with Crippen LogP contribution in [0.15, 0.2) is 24.3 Å². The van der Waals surface area contributed by atoms with Crippen LogP contribution in [0.4, 0.5) is 0 Å². The third-order valence-corrected chi connectivity index (χ3v) is 3.34. The maximum atomic E-state index is 5.88. The van der Waals surface area contributed by atoms with Gasteiger partial charge in [0.2, 0.25) is 0 Å². The van der Waals surface area contributed by atoms with Crippen LogP contribution < -0.4 is 4.74 Å². The van der Waals surface area contributed by atoms with E-state index in [0.29, 0.717) is 13.2 Å². The molecule has 0 fully saturated rings. The average Bonchev–Trinajstić information content (AvgIpc) is 2.37. The van der Waals surface area contributed by atoms with Gasteiger partial charge in [0.15, 0.2) is 0 Å². The Morgan fingerprint density at radius 3 is 2.53 bits per heavy atom. The molecular weight excluding hydrogens is 355 g/mol. The third kappa shape index (κ3) is 6.58. The Morgan fingerprint density at radius 2 is 1.95 bits per heavy atom. The minimum Gasteiger partial charge on any atom is -0.497 e. The first-order valence-corrected chi connectivity index (χ1v) is 7.94. The van der Waals surface area contributed by atoms with Gasteiger partial charge < -0.3 is 14.2 Å². The fourth-order valence-electron chi connectivity index (χ4n) is 1.61. The lowest BCUT2D eigenvalue weighted by Crippen LogP contribution is -2.22. The van der Waals surface area contributed by atoms with E-state index in [9.17, 15) is 0 Å². The first-order valence-electron chi connectivity index (χ1n) is 6.42. The van der Waals surface area contributed by atoms with E-state index in [-0.39, 0.29) is 11.7 Å². The Morgan fingerprint density at radius 1 is 1.21 bits per heavy atom. The van der Waals surface area contributed by atoms with Gasteiger partial charge in [-0.3, -0.25) is 0 Å². The van der Waals surface area contributed by atoms with Crippen LogP contribution in [0.5, 0.6) is 5.75 Å². The number of methoxy groups -OCH3 is 1. The molecule has 0 amide bonds. The van der Waals surface area contributed by atoms with Crippen LogP contribution in [0.25, 0.3) is 0 Å². The minimum absolute atomic E-state index is 0.0827. The number of hydrogen-bond donors (Lipinski definition) is 0. The number of halogens is 1. The molecule has 0 saturated heterocycles.